The highest BCUT2D eigenvalue weighted by Gasteiger charge is 2.36. The lowest BCUT2D eigenvalue weighted by molar-refractivity contribution is 0.0769. The number of rotatable bonds is 11. The first-order valence-electron chi connectivity index (χ1n) is 18.6. The summed E-state index contributed by atoms with van der Waals surface area (Å²) in [5, 5.41) is 0. The summed E-state index contributed by atoms with van der Waals surface area (Å²) in [6, 6.07) is 13.1. The normalized spacial score (nSPS) is 20.2. The van der Waals surface area contributed by atoms with Crippen LogP contribution < -0.4 is 23.8 Å². The van der Waals surface area contributed by atoms with Crippen LogP contribution in [-0.2, 0) is 13.2 Å². The number of methoxy groups -OCH3 is 2. The maximum atomic E-state index is 13.6. The molecule has 0 N–H and O–H groups in total. The Balaban J connectivity index is 1.14. The van der Waals surface area contributed by atoms with Crippen molar-refractivity contribution in [1.82, 2.24) is 9.80 Å². The van der Waals surface area contributed by atoms with Gasteiger partial charge in [0, 0.05) is 61.7 Å². The highest BCUT2D eigenvalue weighted by molar-refractivity contribution is 7.81. The van der Waals surface area contributed by atoms with Crippen molar-refractivity contribution in [3.8, 4) is 23.0 Å². The molecule has 4 aliphatic rings. The average Bonchev–Trinajstić information content (AvgIpc) is 3.74. The number of benzene rings is 3. The van der Waals surface area contributed by atoms with Crippen LogP contribution in [0.25, 0.3) is 0 Å². The van der Waals surface area contributed by atoms with Crippen molar-refractivity contribution in [1.29, 1.82) is 0 Å². The molecule has 288 valence electrons. The lowest BCUT2D eigenvalue weighted by Crippen LogP contribution is -2.35. The zero-order valence-corrected chi connectivity index (χ0v) is 33.5. The van der Waals surface area contributed by atoms with E-state index in [1.807, 2.05) is 49.2 Å². The molecule has 3 aromatic carbocycles. The monoisotopic (exact) mass is 763 g/mol. The molecule has 12 heteroatoms. The Hall–Kier alpha value is -5.23. The molecule has 0 aliphatic carbocycles. The number of thiol groups is 1. The highest BCUT2D eigenvalue weighted by Crippen LogP contribution is 2.41. The van der Waals surface area contributed by atoms with E-state index in [-0.39, 0.29) is 41.9 Å². The van der Waals surface area contributed by atoms with E-state index >= 15 is 0 Å². The van der Waals surface area contributed by atoms with E-state index in [1.165, 1.54) is 11.1 Å². The maximum absolute atomic E-state index is 13.6. The van der Waals surface area contributed by atoms with Crippen molar-refractivity contribution >= 4 is 53.9 Å². The summed E-state index contributed by atoms with van der Waals surface area (Å²) in [5.74, 6) is 1.75. The van der Waals surface area contributed by atoms with Crippen LogP contribution in [-0.4, -0.2) is 91.8 Å². The minimum absolute atomic E-state index is 0.0699. The van der Waals surface area contributed by atoms with Crippen LogP contribution in [0.2, 0.25) is 0 Å². The van der Waals surface area contributed by atoms with Crippen molar-refractivity contribution in [2.75, 3.05) is 45.8 Å². The molecule has 3 aromatic rings. The van der Waals surface area contributed by atoms with Gasteiger partial charge in [-0.3, -0.25) is 19.6 Å². The zero-order valence-electron chi connectivity index (χ0n) is 32.6. The Morgan fingerprint density at radius 1 is 0.745 bits per heavy atom. The van der Waals surface area contributed by atoms with Crippen molar-refractivity contribution in [2.45, 2.75) is 70.6 Å². The number of hydrogen-bond donors (Lipinski definition) is 1. The molecule has 0 spiro atoms. The second-order valence-electron chi connectivity index (χ2n) is 15.2. The summed E-state index contributed by atoms with van der Waals surface area (Å²) in [5.41, 5.74) is 7.32. The zero-order chi connectivity index (χ0) is 39.0. The number of allylic oxidation sites excluding steroid dienone is 2. The number of carbonyl (C=O) groups is 2. The number of anilines is 1. The minimum atomic E-state index is -0.245. The number of nitrogens with zero attached hydrogens (tertiary/aromatic N) is 5. The third-order valence-corrected chi connectivity index (χ3v) is 10.7. The second-order valence-corrected chi connectivity index (χ2v) is 16.4. The molecule has 0 unspecified atom stereocenters. The third kappa shape index (κ3) is 7.96. The molecule has 0 bridgehead atoms. The van der Waals surface area contributed by atoms with Gasteiger partial charge >= 0.3 is 0 Å². The van der Waals surface area contributed by atoms with Crippen LogP contribution >= 0.6 is 12.6 Å². The van der Waals surface area contributed by atoms with Crippen molar-refractivity contribution in [3.63, 3.8) is 0 Å². The van der Waals surface area contributed by atoms with Gasteiger partial charge in [0.25, 0.3) is 11.8 Å². The summed E-state index contributed by atoms with van der Waals surface area (Å²) in [4.78, 5) is 42.5. The molecule has 0 saturated carbocycles. The van der Waals surface area contributed by atoms with Crippen LogP contribution in [0, 0.1) is 0 Å². The summed E-state index contributed by atoms with van der Waals surface area (Å²) >= 11 is 4.78. The van der Waals surface area contributed by atoms with Crippen molar-refractivity contribution in [2.24, 2.45) is 9.98 Å². The standard InChI is InChI=1S/C43H49N5O6S/c1-8-26-11-31-19-44-35-17-39(37(51-6)15-33(35)41(49)47(31)21-26)53-23-28-10-29(14-30(13-28)46(5)25-43(3,4)55)24-54-40-18-36-34(16-38(40)52-7)42(50)48-22-27(9-2)12-32(48)20-45-36/h8-10,13-20,31-32,55H,11-12,21-25H2,1-7H3/b26-8-,27-9+/t31-,32-/m0/s1. The molecule has 2 fully saturated rings. The first-order valence-corrected chi connectivity index (χ1v) is 19.1. The third-order valence-electron chi connectivity index (χ3n) is 10.5. The molecule has 2 amide bonds. The van der Waals surface area contributed by atoms with Gasteiger partial charge in [-0.05, 0) is 82.0 Å². The molecular formula is C43H49N5O6S. The SMILES string of the molecule is C/C=C1/C[C@H]2C=Nc3cc(OCc4cc(COc5cc6c(cc5OC)C(=O)N5C/C(=C/C)C[C@H]5C=N6)cc(N(C)CC(C)(C)S)c4)c(OC)cc3C(=O)N2C1. The minimum Gasteiger partial charge on any atom is -0.493 e. The molecular weight excluding hydrogens is 715 g/mol. The number of hydrogen-bond acceptors (Lipinski definition) is 10. The summed E-state index contributed by atoms with van der Waals surface area (Å²) < 4.78 is 24.1. The molecule has 55 heavy (non-hydrogen) atoms. The fourth-order valence-electron chi connectivity index (χ4n) is 7.65. The van der Waals surface area contributed by atoms with Gasteiger partial charge < -0.3 is 33.6 Å². The number of carbonyl (C=O) groups excluding carboxylic acids is 2. The van der Waals surface area contributed by atoms with E-state index in [2.05, 4.69) is 43.0 Å². The van der Waals surface area contributed by atoms with E-state index in [4.69, 9.17) is 41.6 Å². The van der Waals surface area contributed by atoms with E-state index in [0.29, 0.717) is 65.1 Å². The van der Waals surface area contributed by atoms with E-state index in [1.54, 1.807) is 38.5 Å². The van der Waals surface area contributed by atoms with Gasteiger partial charge in [0.15, 0.2) is 23.0 Å². The Kier molecular flexibility index (Phi) is 10.7. The predicted octanol–water partition coefficient (Wildman–Crippen LogP) is 7.76. The first-order chi connectivity index (χ1) is 26.4. The van der Waals surface area contributed by atoms with E-state index in [0.717, 1.165) is 29.7 Å². The van der Waals surface area contributed by atoms with Gasteiger partial charge in [0.1, 0.15) is 13.2 Å². The van der Waals surface area contributed by atoms with E-state index < -0.39 is 0 Å². The van der Waals surface area contributed by atoms with Gasteiger partial charge in [-0.2, -0.15) is 12.6 Å². The molecule has 2 atom stereocenters. The molecule has 11 nitrogen and oxygen atoms in total. The molecule has 0 radical (unpaired) electrons. The Bertz CT molecular complexity index is 2000. The molecule has 0 aromatic heterocycles. The summed E-state index contributed by atoms with van der Waals surface area (Å²) in [6.45, 7) is 10.5. The predicted molar refractivity (Wildman–Crippen MR) is 220 cm³/mol. The fourth-order valence-corrected chi connectivity index (χ4v) is 7.87. The smallest absolute Gasteiger partial charge is 0.257 e. The lowest BCUT2D eigenvalue weighted by atomic mass is 10.1. The van der Waals surface area contributed by atoms with Crippen molar-refractivity contribution < 1.29 is 28.5 Å². The number of fused-ring (bicyclic) bond motifs is 4. The maximum Gasteiger partial charge on any atom is 0.257 e. The van der Waals surface area contributed by atoms with Gasteiger partial charge in [0.05, 0.1) is 48.8 Å². The van der Waals surface area contributed by atoms with Gasteiger partial charge in [0.2, 0.25) is 0 Å². The molecule has 2 saturated heterocycles. The summed E-state index contributed by atoms with van der Waals surface area (Å²) in [7, 11) is 5.17. The number of aliphatic imine (C=N–C) groups is 2. The Labute approximate surface area is 328 Å². The number of amides is 2. The van der Waals surface area contributed by atoms with Crippen molar-refractivity contribution in [3.05, 3.63) is 88.0 Å². The molecule has 4 aliphatic heterocycles. The molecule has 7 rings (SSSR count). The van der Waals surface area contributed by atoms with Gasteiger partial charge in [-0.1, -0.05) is 23.3 Å². The highest BCUT2D eigenvalue weighted by atomic mass is 32.1. The topological polar surface area (TPSA) is 105 Å². The van der Waals surface area contributed by atoms with E-state index in [9.17, 15) is 9.59 Å². The number of ether oxygens (including phenoxy) is 4. The van der Waals surface area contributed by atoms with Gasteiger partial charge in [-0.25, -0.2) is 0 Å². The van der Waals surface area contributed by atoms with Gasteiger partial charge in [-0.15, -0.1) is 0 Å². The largest absolute Gasteiger partial charge is 0.493 e. The van der Waals surface area contributed by atoms with Crippen LogP contribution in [0.1, 0.15) is 72.4 Å². The molecule has 4 heterocycles. The lowest BCUT2D eigenvalue weighted by Gasteiger charge is -2.28. The van der Waals surface area contributed by atoms with Crippen LogP contribution in [0.15, 0.2) is 75.7 Å². The second kappa shape index (κ2) is 15.5. The summed E-state index contributed by atoms with van der Waals surface area (Å²) in [6.07, 6.45) is 9.43. The first kappa shape index (κ1) is 38.1. The van der Waals surface area contributed by atoms with Crippen LogP contribution in [0.3, 0.4) is 0 Å². The fraction of sp³-hybridized carbons (Fsp3) is 0.395. The Morgan fingerprint density at radius 2 is 1.20 bits per heavy atom. The Morgan fingerprint density at radius 3 is 1.60 bits per heavy atom. The van der Waals surface area contributed by atoms with Crippen LogP contribution in [0.4, 0.5) is 17.1 Å². The van der Waals surface area contributed by atoms with Crippen LogP contribution in [0.5, 0.6) is 23.0 Å². The quantitative estimate of drug-likeness (QED) is 0.157. The average molecular weight is 764 g/mol.